The zero-order chi connectivity index (χ0) is 27.8. The summed E-state index contributed by atoms with van der Waals surface area (Å²) in [7, 11) is 0.0266. The average molecular weight is 585 g/mol. The van der Waals surface area contributed by atoms with Gasteiger partial charge in [0.25, 0.3) is 0 Å². The molecule has 2 saturated carbocycles. The van der Waals surface area contributed by atoms with Crippen molar-refractivity contribution in [3.63, 3.8) is 0 Å². The SMILES string of the molecule is CC1NC(C)C(S(=O)(=O)NC2CCC(F)C(C3CCC4C(C(=O)NCCCN(C)C)NNC4C3F)C2F)S1. The molecule has 0 aromatic heterocycles. The first-order valence-corrected chi connectivity index (χ1v) is 16.2. The lowest BCUT2D eigenvalue weighted by molar-refractivity contribution is -0.124. The number of carbonyl (C=O) groups excluding carboxylic acids is 1. The van der Waals surface area contributed by atoms with Crippen molar-refractivity contribution in [2.24, 2.45) is 17.8 Å². The number of rotatable bonds is 9. The fourth-order valence-corrected chi connectivity index (χ4v) is 10.4. The summed E-state index contributed by atoms with van der Waals surface area (Å²) in [5.74, 6) is -2.71. The number of hydrogen-bond acceptors (Lipinski definition) is 8. The van der Waals surface area contributed by atoms with Crippen molar-refractivity contribution in [1.82, 2.24) is 31.1 Å². The first-order chi connectivity index (χ1) is 17.9. The maximum Gasteiger partial charge on any atom is 0.238 e. The lowest BCUT2D eigenvalue weighted by Crippen LogP contribution is -2.58. The summed E-state index contributed by atoms with van der Waals surface area (Å²) in [6, 6.07) is -2.77. The first kappa shape index (κ1) is 30.3. The highest BCUT2D eigenvalue weighted by Crippen LogP contribution is 2.46. The van der Waals surface area contributed by atoms with Crippen LogP contribution in [0.25, 0.3) is 0 Å². The number of nitrogens with one attached hydrogen (secondary N) is 5. The Morgan fingerprint density at radius 3 is 2.39 bits per heavy atom. The Hall–Kier alpha value is -0.640. The normalized spacial score (nSPS) is 43.8. The molecule has 220 valence electrons. The molecule has 1 amide bonds. The van der Waals surface area contributed by atoms with Crippen molar-refractivity contribution in [3.8, 4) is 0 Å². The smallest absolute Gasteiger partial charge is 0.238 e. The molecule has 2 heterocycles. The van der Waals surface area contributed by atoms with Crippen LogP contribution in [0, 0.1) is 17.8 Å². The lowest BCUT2D eigenvalue weighted by Gasteiger charge is -2.45. The highest BCUT2D eigenvalue weighted by Gasteiger charge is 2.55. The molecule has 0 radical (unpaired) electrons. The molecule has 0 spiro atoms. The van der Waals surface area contributed by atoms with Gasteiger partial charge in [-0.3, -0.25) is 10.2 Å². The van der Waals surface area contributed by atoms with Crippen LogP contribution >= 0.6 is 11.8 Å². The molecule has 2 aliphatic heterocycles. The number of halogens is 3. The standard InChI is InChI=1S/C24H43F3N6O3S2/c1-12-24(37-13(2)29-12)38(35,36)32-17-9-8-16(25)18(20(17)27)14-6-7-15-21(19(14)26)30-31-22(15)23(34)28-10-5-11-33(3)4/h12-22,24,29-32H,5-11H2,1-4H3,(H,28,34). The third-order valence-corrected chi connectivity index (χ3v) is 12.5. The largest absolute Gasteiger partial charge is 0.355 e. The molecule has 38 heavy (non-hydrogen) atoms. The first-order valence-electron chi connectivity index (χ1n) is 13.7. The Labute approximate surface area is 228 Å². The molecule has 2 aliphatic carbocycles. The summed E-state index contributed by atoms with van der Waals surface area (Å²) in [6.45, 7) is 4.97. The molecule has 5 N–H and O–H groups in total. The van der Waals surface area contributed by atoms with E-state index in [1.165, 1.54) is 11.8 Å². The van der Waals surface area contributed by atoms with Gasteiger partial charge in [-0.05, 0) is 66.6 Å². The molecule has 12 unspecified atom stereocenters. The molecule has 0 bridgehead atoms. The van der Waals surface area contributed by atoms with Gasteiger partial charge in [0.15, 0.2) is 0 Å². The number of amides is 1. The summed E-state index contributed by atoms with van der Waals surface area (Å²) >= 11 is 1.25. The van der Waals surface area contributed by atoms with Crippen molar-refractivity contribution in [2.45, 2.75) is 98.6 Å². The van der Waals surface area contributed by atoms with Crippen LogP contribution in [0.4, 0.5) is 13.2 Å². The van der Waals surface area contributed by atoms with Crippen LogP contribution in [0.5, 0.6) is 0 Å². The monoisotopic (exact) mass is 584 g/mol. The van der Waals surface area contributed by atoms with Crippen LogP contribution in [0.2, 0.25) is 0 Å². The van der Waals surface area contributed by atoms with Crippen molar-refractivity contribution in [2.75, 3.05) is 27.2 Å². The molecule has 4 aliphatic rings. The van der Waals surface area contributed by atoms with E-state index in [4.69, 9.17) is 0 Å². The van der Waals surface area contributed by atoms with Gasteiger partial charge in [-0.15, -0.1) is 11.8 Å². The molecule has 14 heteroatoms. The molecular weight excluding hydrogens is 541 g/mol. The van der Waals surface area contributed by atoms with Gasteiger partial charge >= 0.3 is 0 Å². The second-order valence-electron chi connectivity index (χ2n) is 11.6. The van der Waals surface area contributed by atoms with Gasteiger partial charge in [-0.2, -0.15) is 0 Å². The van der Waals surface area contributed by atoms with E-state index < -0.39 is 63.1 Å². The minimum absolute atomic E-state index is 0.0262. The number of fused-ring (bicyclic) bond motifs is 1. The minimum atomic E-state index is -3.88. The minimum Gasteiger partial charge on any atom is -0.355 e. The summed E-state index contributed by atoms with van der Waals surface area (Å²) < 4.78 is 74.6. The number of hydrazine groups is 1. The highest BCUT2D eigenvalue weighted by molar-refractivity contribution is 8.13. The summed E-state index contributed by atoms with van der Waals surface area (Å²) in [4.78, 5) is 14.7. The van der Waals surface area contributed by atoms with Gasteiger partial charge < -0.3 is 15.5 Å². The van der Waals surface area contributed by atoms with Gasteiger partial charge in [0, 0.05) is 30.3 Å². The predicted octanol–water partition coefficient (Wildman–Crippen LogP) is 1.03. The Kier molecular flexibility index (Phi) is 9.96. The summed E-state index contributed by atoms with van der Waals surface area (Å²) in [6.07, 6.45) is -3.50. The zero-order valence-corrected chi connectivity index (χ0v) is 24.1. The quantitative estimate of drug-likeness (QED) is 0.256. The topological polar surface area (TPSA) is 115 Å². The Morgan fingerprint density at radius 2 is 1.74 bits per heavy atom. The van der Waals surface area contributed by atoms with Gasteiger partial charge in [-0.25, -0.2) is 31.7 Å². The molecule has 0 aromatic rings. The van der Waals surface area contributed by atoms with Crippen LogP contribution in [0.3, 0.4) is 0 Å². The zero-order valence-electron chi connectivity index (χ0n) is 22.5. The lowest BCUT2D eigenvalue weighted by atomic mass is 9.65. The molecule has 4 rings (SSSR count). The maximum absolute atomic E-state index is 15.8. The predicted molar refractivity (Wildman–Crippen MR) is 143 cm³/mol. The molecule has 2 saturated heterocycles. The van der Waals surface area contributed by atoms with Crippen LogP contribution in [0.1, 0.15) is 46.0 Å². The molecule has 0 aromatic carbocycles. The number of carbonyl (C=O) groups is 1. The van der Waals surface area contributed by atoms with Crippen molar-refractivity contribution in [3.05, 3.63) is 0 Å². The van der Waals surface area contributed by atoms with E-state index in [0.717, 1.165) is 13.0 Å². The van der Waals surface area contributed by atoms with Crippen LogP contribution < -0.4 is 26.2 Å². The molecule has 12 atom stereocenters. The Balaban J connectivity index is 1.38. The van der Waals surface area contributed by atoms with Crippen molar-refractivity contribution in [1.29, 1.82) is 0 Å². The molecule has 9 nitrogen and oxygen atoms in total. The van der Waals surface area contributed by atoms with Crippen molar-refractivity contribution < 1.29 is 26.4 Å². The average Bonchev–Trinajstić information content (AvgIpc) is 3.43. The van der Waals surface area contributed by atoms with E-state index in [-0.39, 0.29) is 42.5 Å². The third-order valence-electron chi connectivity index (χ3n) is 8.53. The van der Waals surface area contributed by atoms with E-state index >= 15 is 13.2 Å². The fourth-order valence-electron chi connectivity index (χ4n) is 6.67. The molecular formula is C24H43F3N6O3S2. The maximum atomic E-state index is 15.8. The van der Waals surface area contributed by atoms with E-state index in [1.54, 1.807) is 6.92 Å². The van der Waals surface area contributed by atoms with E-state index in [2.05, 4.69) is 26.2 Å². The Morgan fingerprint density at radius 1 is 1.03 bits per heavy atom. The summed E-state index contributed by atoms with van der Waals surface area (Å²) in [5.41, 5.74) is 5.79. The number of nitrogens with zero attached hydrogens (tertiary/aromatic N) is 1. The van der Waals surface area contributed by atoms with Gasteiger partial charge in [-0.1, -0.05) is 0 Å². The second-order valence-corrected chi connectivity index (χ2v) is 15.2. The second kappa shape index (κ2) is 12.5. The van der Waals surface area contributed by atoms with Crippen LogP contribution in [0.15, 0.2) is 0 Å². The van der Waals surface area contributed by atoms with Gasteiger partial charge in [0.05, 0.1) is 17.5 Å². The fraction of sp³-hybridized carbons (Fsp3) is 0.958. The van der Waals surface area contributed by atoms with Crippen LogP contribution in [-0.2, 0) is 14.8 Å². The van der Waals surface area contributed by atoms with E-state index in [0.29, 0.717) is 13.0 Å². The summed E-state index contributed by atoms with van der Waals surface area (Å²) in [5, 5.41) is 5.98. The molecule has 4 fully saturated rings. The highest BCUT2D eigenvalue weighted by atomic mass is 32.3. The number of thioether (sulfide) groups is 1. The van der Waals surface area contributed by atoms with Gasteiger partial charge in [0.2, 0.25) is 15.9 Å². The van der Waals surface area contributed by atoms with E-state index in [9.17, 15) is 13.2 Å². The Bertz CT molecular complexity index is 934. The van der Waals surface area contributed by atoms with E-state index in [1.807, 2.05) is 25.9 Å². The number of alkyl halides is 3. The van der Waals surface area contributed by atoms with Crippen molar-refractivity contribution >= 4 is 27.7 Å². The number of sulfonamides is 1. The number of hydrogen-bond donors (Lipinski definition) is 5. The van der Waals surface area contributed by atoms with Crippen LogP contribution in [-0.4, -0.2) is 99.0 Å². The van der Waals surface area contributed by atoms with Gasteiger partial charge in [0.1, 0.15) is 29.1 Å². The third kappa shape index (κ3) is 6.46.